The molecule has 2 unspecified atom stereocenters. The van der Waals surface area contributed by atoms with E-state index in [4.69, 9.17) is 15.6 Å². The predicted octanol–water partition coefficient (Wildman–Crippen LogP) is 2.68. The first-order valence-electron chi connectivity index (χ1n) is 15.3. The van der Waals surface area contributed by atoms with Crippen molar-refractivity contribution in [1.82, 2.24) is 20.9 Å². The predicted molar refractivity (Wildman–Crippen MR) is 178 cm³/mol. The molecule has 50 heavy (non-hydrogen) atoms. The third-order valence-corrected chi connectivity index (χ3v) is 7.85. The lowest BCUT2D eigenvalue weighted by Crippen LogP contribution is -2.48. The number of amides is 6. The normalized spacial score (nSPS) is 12.8. The second-order valence-corrected chi connectivity index (χ2v) is 11.8. The van der Waals surface area contributed by atoms with E-state index in [1.54, 1.807) is 6.92 Å². The van der Waals surface area contributed by atoms with Crippen molar-refractivity contribution in [2.24, 2.45) is 5.73 Å². The zero-order valence-corrected chi connectivity index (χ0v) is 29.4. The van der Waals surface area contributed by atoms with Crippen molar-refractivity contribution in [3.63, 3.8) is 0 Å². The van der Waals surface area contributed by atoms with Crippen molar-refractivity contribution in [3.8, 4) is 0 Å². The van der Waals surface area contributed by atoms with Gasteiger partial charge < -0.3 is 41.7 Å². The van der Waals surface area contributed by atoms with Crippen LogP contribution in [-0.2, 0) is 34.9 Å². The highest BCUT2D eigenvalue weighted by Gasteiger charge is 2.36. The Bertz CT molecular complexity index is 1430. The highest BCUT2D eigenvalue weighted by atomic mass is 79.9. The lowest BCUT2D eigenvalue weighted by atomic mass is 10.0. The first-order valence-corrected chi connectivity index (χ1v) is 16.5. The fourth-order valence-electron chi connectivity index (χ4n) is 4.18. The van der Waals surface area contributed by atoms with Crippen LogP contribution in [0.1, 0.15) is 68.3 Å². The number of nitrogens with zero attached hydrogens (tertiary/aromatic N) is 1. The van der Waals surface area contributed by atoms with E-state index in [1.807, 2.05) is 0 Å². The number of ether oxygens (including phenoxy) is 1. The first kappa shape index (κ1) is 43.3. The second-order valence-electron chi connectivity index (χ2n) is 11.2. The Labute approximate surface area is 295 Å². The molecule has 0 aromatic heterocycles. The fraction of sp³-hybridized carbons (Fsp3) is 0.516. The molecule has 0 saturated heterocycles. The molecule has 7 N–H and O–H groups in total. The Morgan fingerprint density at radius 1 is 1.02 bits per heavy atom. The molecule has 3 atom stereocenters. The number of nitrogens with one attached hydrogen (secondary N) is 4. The van der Waals surface area contributed by atoms with Gasteiger partial charge >= 0.3 is 24.1 Å². The number of likely N-dealkylation sites (N-methyl/N-ethyl adjacent to an activating group) is 1. The zero-order chi connectivity index (χ0) is 38.2. The average molecular weight is 780 g/mol. The Hall–Kier alpha value is -4.68. The SMILES string of the molecule is C=C(CBr)C(=O)OC(C)CCCCC(=O)NCC(=O)NC(CCCNC(N)=O)C(=O)Nc1ccc(C(=O)N(C)[C@@H](C)C(=O)O)cc1C(F)(F)F. The van der Waals surface area contributed by atoms with Crippen molar-refractivity contribution in [2.75, 3.05) is 30.8 Å². The number of carboxylic acid groups (broad SMARTS) is 1. The maximum Gasteiger partial charge on any atom is 0.418 e. The molecule has 19 heteroatoms. The summed E-state index contributed by atoms with van der Waals surface area (Å²) in [6.45, 7) is 5.86. The van der Waals surface area contributed by atoms with Gasteiger partial charge in [-0.05, 0) is 64.2 Å². The Kier molecular flexibility index (Phi) is 18.0. The minimum atomic E-state index is -5.06. The van der Waals surface area contributed by atoms with Gasteiger partial charge in [-0.2, -0.15) is 13.2 Å². The second kappa shape index (κ2) is 20.7. The average Bonchev–Trinajstić information content (AvgIpc) is 3.04. The minimum absolute atomic E-state index is 0.0261. The van der Waals surface area contributed by atoms with Crippen molar-refractivity contribution in [1.29, 1.82) is 0 Å². The van der Waals surface area contributed by atoms with E-state index in [-0.39, 0.29) is 36.7 Å². The molecule has 0 fully saturated rings. The summed E-state index contributed by atoms with van der Waals surface area (Å²) in [6, 6.07) is -1.35. The molecule has 0 aliphatic carbocycles. The lowest BCUT2D eigenvalue weighted by Gasteiger charge is -2.23. The van der Waals surface area contributed by atoms with Gasteiger partial charge in [-0.3, -0.25) is 19.2 Å². The van der Waals surface area contributed by atoms with Crippen LogP contribution in [0.5, 0.6) is 0 Å². The van der Waals surface area contributed by atoms with Gasteiger partial charge in [0.1, 0.15) is 12.1 Å². The molecule has 0 bridgehead atoms. The summed E-state index contributed by atoms with van der Waals surface area (Å²) in [5.41, 5.74) is 2.66. The number of aliphatic carboxylic acids is 1. The monoisotopic (exact) mass is 778 g/mol. The molecule has 6 amide bonds. The van der Waals surface area contributed by atoms with E-state index in [9.17, 15) is 46.7 Å². The quantitative estimate of drug-likeness (QED) is 0.0495. The van der Waals surface area contributed by atoms with Gasteiger partial charge in [-0.1, -0.05) is 22.5 Å². The van der Waals surface area contributed by atoms with E-state index in [2.05, 4.69) is 43.8 Å². The van der Waals surface area contributed by atoms with Crippen LogP contribution in [-0.4, -0.2) is 95.3 Å². The number of hydrogen-bond donors (Lipinski definition) is 6. The van der Waals surface area contributed by atoms with Crippen molar-refractivity contribution < 1.29 is 56.6 Å². The van der Waals surface area contributed by atoms with Gasteiger partial charge in [0.2, 0.25) is 17.7 Å². The van der Waals surface area contributed by atoms with Crippen LogP contribution in [0.25, 0.3) is 0 Å². The van der Waals surface area contributed by atoms with Crippen LogP contribution in [0.3, 0.4) is 0 Å². The molecule has 1 aromatic rings. The first-order chi connectivity index (χ1) is 23.3. The molecular weight excluding hydrogens is 737 g/mol. The van der Waals surface area contributed by atoms with E-state index in [1.165, 1.54) is 6.92 Å². The van der Waals surface area contributed by atoms with Crippen molar-refractivity contribution in [3.05, 3.63) is 41.5 Å². The van der Waals surface area contributed by atoms with E-state index in [0.29, 0.717) is 25.3 Å². The maximum absolute atomic E-state index is 14.0. The maximum atomic E-state index is 14.0. The summed E-state index contributed by atoms with van der Waals surface area (Å²) in [5, 5.41) is 18.6. The molecule has 0 radical (unpaired) electrons. The number of nitrogens with two attached hydrogens (primary N) is 1. The number of alkyl halides is 4. The number of benzene rings is 1. The standard InChI is InChI=1S/C31H42BrF3N6O9/c1-17(15-32)29(48)50-18(2)8-5-6-10-24(42)38-16-25(43)39-23(9-7-13-37-30(36)49)26(44)40-22-12-11-20(14-21(22)31(33,34)35)27(45)41(4)19(3)28(46)47/h11-12,14,18-19,23H,1,5-10,13,15-16H2,2-4H3,(H,38,42)(H,39,43)(H,40,44)(H,46,47)(H3,36,37,49)/t18?,19-,23?/m0/s1. The number of hydrogen-bond acceptors (Lipinski definition) is 8. The number of unbranched alkanes of at least 4 members (excludes halogenated alkanes) is 1. The van der Waals surface area contributed by atoms with Gasteiger partial charge in [0, 0.05) is 36.5 Å². The highest BCUT2D eigenvalue weighted by Crippen LogP contribution is 2.36. The number of esters is 1. The summed E-state index contributed by atoms with van der Waals surface area (Å²) in [5.74, 6) is -5.31. The van der Waals surface area contributed by atoms with Crippen molar-refractivity contribution >= 4 is 63.2 Å². The molecule has 1 aromatic carbocycles. The number of carbonyl (C=O) groups excluding carboxylic acids is 6. The Balaban J connectivity index is 2.93. The number of carboxylic acids is 1. The molecule has 0 aliphatic rings. The van der Waals surface area contributed by atoms with Crippen LogP contribution in [0.4, 0.5) is 23.7 Å². The topological polar surface area (TPSA) is 226 Å². The Morgan fingerprint density at radius 2 is 1.68 bits per heavy atom. The van der Waals surface area contributed by atoms with Gasteiger partial charge in [-0.15, -0.1) is 0 Å². The van der Waals surface area contributed by atoms with Crippen molar-refractivity contribution in [2.45, 2.75) is 76.7 Å². The van der Waals surface area contributed by atoms with Crippen LogP contribution in [0.2, 0.25) is 0 Å². The van der Waals surface area contributed by atoms with Gasteiger partial charge in [0.15, 0.2) is 0 Å². The highest BCUT2D eigenvalue weighted by molar-refractivity contribution is 9.09. The molecule has 15 nitrogen and oxygen atoms in total. The third kappa shape index (κ3) is 15.3. The summed E-state index contributed by atoms with van der Waals surface area (Å²) < 4.78 is 47.3. The number of urea groups is 1. The number of carbonyl (C=O) groups is 7. The Morgan fingerprint density at radius 3 is 2.26 bits per heavy atom. The molecule has 1 rings (SSSR count). The summed E-state index contributed by atoms with van der Waals surface area (Å²) in [6.07, 6.45) is -4.10. The molecule has 0 heterocycles. The van der Waals surface area contributed by atoms with E-state index >= 15 is 0 Å². The minimum Gasteiger partial charge on any atom is -0.480 e. The van der Waals surface area contributed by atoms with Gasteiger partial charge in [0.25, 0.3) is 5.91 Å². The third-order valence-electron chi connectivity index (χ3n) is 7.18. The van der Waals surface area contributed by atoms with Gasteiger partial charge in [-0.25, -0.2) is 14.4 Å². The molecular formula is C31H42BrF3N6O9. The zero-order valence-electron chi connectivity index (χ0n) is 27.8. The van der Waals surface area contributed by atoms with Crippen LogP contribution < -0.4 is 27.0 Å². The molecule has 0 spiro atoms. The molecule has 0 saturated carbocycles. The summed E-state index contributed by atoms with van der Waals surface area (Å²) >= 11 is 3.12. The number of anilines is 1. The van der Waals surface area contributed by atoms with Gasteiger partial charge in [0.05, 0.1) is 23.9 Å². The molecule has 278 valence electrons. The number of primary amides is 1. The van der Waals surface area contributed by atoms with Crippen LogP contribution in [0, 0.1) is 0 Å². The number of halogens is 4. The molecule has 0 aliphatic heterocycles. The van der Waals surface area contributed by atoms with E-state index < -0.39 is 89.3 Å². The summed E-state index contributed by atoms with van der Waals surface area (Å²) in [7, 11) is 1.11. The van der Waals surface area contributed by atoms with E-state index in [0.717, 1.165) is 24.1 Å². The lowest BCUT2D eigenvalue weighted by molar-refractivity contribution is -0.144. The fourth-order valence-corrected chi connectivity index (χ4v) is 4.41. The number of rotatable bonds is 20. The largest absolute Gasteiger partial charge is 0.480 e. The van der Waals surface area contributed by atoms with Crippen LogP contribution in [0.15, 0.2) is 30.4 Å². The smallest absolute Gasteiger partial charge is 0.418 e. The van der Waals surface area contributed by atoms with Crippen LogP contribution >= 0.6 is 15.9 Å². The summed E-state index contributed by atoms with van der Waals surface area (Å²) in [4.78, 5) is 85.5.